The number of carbonyl (C=O) groups is 2. The van der Waals surface area contributed by atoms with Crippen molar-refractivity contribution in [2.24, 2.45) is 5.92 Å². The number of aliphatic carboxylic acids is 1. The van der Waals surface area contributed by atoms with E-state index in [2.05, 4.69) is 10.3 Å². The maximum absolute atomic E-state index is 13.3. The van der Waals surface area contributed by atoms with Gasteiger partial charge in [-0.3, -0.25) is 4.79 Å². The first-order valence-electron chi connectivity index (χ1n) is 7.63. The van der Waals surface area contributed by atoms with Crippen LogP contribution in [0.2, 0.25) is 0 Å². The van der Waals surface area contributed by atoms with Gasteiger partial charge in [-0.15, -0.1) is 11.3 Å². The monoisotopic (exact) mass is 348 g/mol. The van der Waals surface area contributed by atoms with Crippen LogP contribution in [0.1, 0.15) is 25.5 Å². The van der Waals surface area contributed by atoms with Crippen LogP contribution in [0, 0.1) is 11.7 Å². The fourth-order valence-electron chi connectivity index (χ4n) is 3.08. The minimum Gasteiger partial charge on any atom is -0.480 e. The molecule has 1 saturated carbocycles. The van der Waals surface area contributed by atoms with Crippen molar-refractivity contribution < 1.29 is 19.1 Å². The highest BCUT2D eigenvalue weighted by atomic mass is 32.1. The van der Waals surface area contributed by atoms with Gasteiger partial charge in [-0.25, -0.2) is 14.2 Å². The van der Waals surface area contributed by atoms with E-state index in [1.807, 2.05) is 6.92 Å². The summed E-state index contributed by atoms with van der Waals surface area (Å²) in [7, 11) is 0. The zero-order valence-electron chi connectivity index (χ0n) is 13.1. The van der Waals surface area contributed by atoms with Crippen LogP contribution in [0.3, 0.4) is 0 Å². The molecule has 2 N–H and O–H groups in total. The third-order valence-corrected chi connectivity index (χ3v) is 5.09. The number of carboxylic acid groups (broad SMARTS) is 1. The molecule has 0 atom stereocenters. The summed E-state index contributed by atoms with van der Waals surface area (Å²) in [5.74, 6) is -1.40. The highest BCUT2D eigenvalue weighted by molar-refractivity contribution is 7.13. The number of amides is 1. The smallest absolute Gasteiger partial charge is 0.329 e. The Hall–Kier alpha value is -2.28. The van der Waals surface area contributed by atoms with Gasteiger partial charge in [0.15, 0.2) is 0 Å². The quantitative estimate of drug-likeness (QED) is 0.871. The number of carbonyl (C=O) groups excluding carboxylic acids is 1. The Bertz CT molecular complexity index is 784. The molecule has 0 unspecified atom stereocenters. The Kier molecular flexibility index (Phi) is 4.36. The van der Waals surface area contributed by atoms with E-state index in [4.69, 9.17) is 0 Å². The predicted octanol–water partition coefficient (Wildman–Crippen LogP) is 2.86. The molecule has 24 heavy (non-hydrogen) atoms. The molecule has 1 fully saturated rings. The third-order valence-electron chi connectivity index (χ3n) is 4.15. The van der Waals surface area contributed by atoms with Crippen LogP contribution in [0.4, 0.5) is 4.39 Å². The number of hydrogen-bond donors (Lipinski definition) is 2. The minimum absolute atomic E-state index is 0.00915. The molecule has 1 aromatic carbocycles. The zero-order chi connectivity index (χ0) is 17.3. The normalized spacial score (nSPS) is 22.7. The van der Waals surface area contributed by atoms with Gasteiger partial charge < -0.3 is 10.4 Å². The highest BCUT2D eigenvalue weighted by Crippen LogP contribution is 2.37. The molecule has 7 heteroatoms. The molecule has 0 spiro atoms. The largest absolute Gasteiger partial charge is 0.480 e. The van der Waals surface area contributed by atoms with Crippen LogP contribution in [0.25, 0.3) is 10.6 Å². The number of aromatic nitrogens is 1. The van der Waals surface area contributed by atoms with Crippen molar-refractivity contribution in [1.29, 1.82) is 0 Å². The summed E-state index contributed by atoms with van der Waals surface area (Å²) >= 11 is 1.32. The molecule has 1 aliphatic carbocycles. The summed E-state index contributed by atoms with van der Waals surface area (Å²) in [5.41, 5.74) is 0.0592. The number of nitrogens with zero attached hydrogens (tertiary/aromatic N) is 1. The van der Waals surface area contributed by atoms with Crippen LogP contribution < -0.4 is 5.32 Å². The van der Waals surface area contributed by atoms with Crippen LogP contribution >= 0.6 is 11.3 Å². The molecule has 0 aliphatic heterocycles. The maximum Gasteiger partial charge on any atom is 0.329 e. The van der Waals surface area contributed by atoms with E-state index in [-0.39, 0.29) is 18.1 Å². The lowest BCUT2D eigenvalue weighted by Crippen LogP contribution is -2.62. The summed E-state index contributed by atoms with van der Waals surface area (Å²) in [4.78, 5) is 27.9. The van der Waals surface area contributed by atoms with E-state index in [0.717, 1.165) is 0 Å². The Labute approximate surface area is 142 Å². The Balaban J connectivity index is 1.66. The second-order valence-electron chi connectivity index (χ2n) is 6.28. The van der Waals surface area contributed by atoms with Gasteiger partial charge in [-0.1, -0.05) is 19.1 Å². The van der Waals surface area contributed by atoms with Crippen molar-refractivity contribution in [2.75, 3.05) is 0 Å². The molecular weight excluding hydrogens is 331 g/mol. The fraction of sp³-hybridized carbons (Fsp3) is 0.353. The van der Waals surface area contributed by atoms with Gasteiger partial charge in [0.1, 0.15) is 16.4 Å². The molecule has 1 heterocycles. The molecule has 2 aromatic rings. The molecule has 0 saturated heterocycles. The lowest BCUT2D eigenvalue weighted by atomic mass is 9.69. The van der Waals surface area contributed by atoms with Gasteiger partial charge in [-0.2, -0.15) is 0 Å². The predicted molar refractivity (Wildman–Crippen MR) is 88.1 cm³/mol. The van der Waals surface area contributed by atoms with Crippen molar-refractivity contribution in [1.82, 2.24) is 10.3 Å². The Morgan fingerprint density at radius 3 is 2.83 bits per heavy atom. The van der Waals surface area contributed by atoms with E-state index in [1.165, 1.54) is 23.5 Å². The van der Waals surface area contributed by atoms with Gasteiger partial charge in [0.05, 0.1) is 12.1 Å². The van der Waals surface area contributed by atoms with E-state index < -0.39 is 11.5 Å². The van der Waals surface area contributed by atoms with Gasteiger partial charge in [0.25, 0.3) is 0 Å². The SMILES string of the molecule is CC1CC(NC(=O)Cc2csc(-c3cccc(F)c3)n2)(C(=O)O)C1. The summed E-state index contributed by atoms with van der Waals surface area (Å²) in [5, 5.41) is 14.3. The van der Waals surface area contributed by atoms with Crippen molar-refractivity contribution in [3.63, 3.8) is 0 Å². The summed E-state index contributed by atoms with van der Waals surface area (Å²) in [6.45, 7) is 1.96. The standard InChI is InChI=1S/C17H17FN2O3S/c1-10-7-17(8-10,16(22)23)20-14(21)6-13-9-24-15(19-13)11-3-2-4-12(18)5-11/h2-5,9-10H,6-8H2,1H3,(H,20,21)(H,22,23). The number of benzene rings is 1. The number of thiazole rings is 1. The number of rotatable bonds is 5. The number of halogens is 1. The first-order chi connectivity index (χ1) is 11.4. The van der Waals surface area contributed by atoms with Crippen LogP contribution in [-0.2, 0) is 16.0 Å². The zero-order valence-corrected chi connectivity index (χ0v) is 13.9. The molecule has 1 aromatic heterocycles. The average molecular weight is 348 g/mol. The van der Waals surface area contributed by atoms with E-state index in [0.29, 0.717) is 35.0 Å². The number of nitrogens with one attached hydrogen (secondary N) is 1. The van der Waals surface area contributed by atoms with Crippen molar-refractivity contribution in [3.05, 3.63) is 41.2 Å². The van der Waals surface area contributed by atoms with Gasteiger partial charge >= 0.3 is 5.97 Å². The van der Waals surface area contributed by atoms with Crippen LogP contribution in [-0.4, -0.2) is 27.5 Å². The summed E-state index contributed by atoms with van der Waals surface area (Å²) in [6.07, 6.45) is 0.897. The Morgan fingerprint density at radius 2 is 2.21 bits per heavy atom. The highest BCUT2D eigenvalue weighted by Gasteiger charge is 2.49. The topological polar surface area (TPSA) is 79.3 Å². The molecule has 1 aliphatic rings. The first-order valence-corrected chi connectivity index (χ1v) is 8.51. The van der Waals surface area contributed by atoms with Crippen molar-refractivity contribution >= 4 is 23.2 Å². The molecule has 1 amide bonds. The minimum atomic E-state index is -1.14. The second kappa shape index (κ2) is 6.32. The van der Waals surface area contributed by atoms with Gasteiger partial charge in [-0.05, 0) is 30.9 Å². The maximum atomic E-state index is 13.3. The van der Waals surface area contributed by atoms with Gasteiger partial charge in [0, 0.05) is 10.9 Å². The van der Waals surface area contributed by atoms with E-state index in [9.17, 15) is 19.1 Å². The fourth-order valence-corrected chi connectivity index (χ4v) is 3.89. The first kappa shape index (κ1) is 16.6. The molecular formula is C17H17FN2O3S. The lowest BCUT2D eigenvalue weighted by molar-refractivity contribution is -0.154. The van der Waals surface area contributed by atoms with Crippen molar-refractivity contribution in [2.45, 2.75) is 31.7 Å². The molecule has 0 bridgehead atoms. The molecule has 126 valence electrons. The lowest BCUT2D eigenvalue weighted by Gasteiger charge is -2.43. The van der Waals surface area contributed by atoms with E-state index in [1.54, 1.807) is 17.5 Å². The summed E-state index contributed by atoms with van der Waals surface area (Å²) < 4.78 is 13.3. The van der Waals surface area contributed by atoms with Crippen LogP contribution in [0.15, 0.2) is 29.6 Å². The second-order valence-corrected chi connectivity index (χ2v) is 7.14. The van der Waals surface area contributed by atoms with Gasteiger partial charge in [0.2, 0.25) is 5.91 Å². The average Bonchev–Trinajstić information content (AvgIpc) is 2.93. The number of carboxylic acids is 1. The Morgan fingerprint density at radius 1 is 1.46 bits per heavy atom. The van der Waals surface area contributed by atoms with E-state index >= 15 is 0 Å². The molecule has 0 radical (unpaired) electrons. The number of hydrogen-bond acceptors (Lipinski definition) is 4. The van der Waals surface area contributed by atoms with Crippen LogP contribution in [0.5, 0.6) is 0 Å². The molecule has 5 nitrogen and oxygen atoms in total. The summed E-state index contributed by atoms with van der Waals surface area (Å²) in [6, 6.07) is 6.10. The third kappa shape index (κ3) is 3.31. The molecule has 3 rings (SSSR count). The van der Waals surface area contributed by atoms with Crippen molar-refractivity contribution in [3.8, 4) is 10.6 Å².